The van der Waals surface area contributed by atoms with E-state index in [4.69, 9.17) is 4.42 Å². The van der Waals surface area contributed by atoms with Crippen molar-refractivity contribution in [3.05, 3.63) is 194 Å². The van der Waals surface area contributed by atoms with Crippen LogP contribution < -0.4 is 0 Å². The Hall–Kier alpha value is -6.96. The fourth-order valence-corrected chi connectivity index (χ4v) is 8.71. The highest BCUT2D eigenvalue weighted by Crippen LogP contribution is 2.46. The number of hydrogen-bond acceptors (Lipinski definition) is 1. The number of fused-ring (bicyclic) bond motifs is 7. The van der Waals surface area contributed by atoms with E-state index >= 15 is 0 Å². The molecule has 53 heavy (non-hydrogen) atoms. The van der Waals surface area contributed by atoms with Crippen LogP contribution in [0.2, 0.25) is 0 Å². The molecular weight excluding hydrogens is 641 g/mol. The predicted octanol–water partition coefficient (Wildman–Crippen LogP) is 14.9. The zero-order chi connectivity index (χ0) is 34.9. The van der Waals surface area contributed by atoms with Crippen LogP contribution in [0.5, 0.6) is 0 Å². The molecule has 0 unspecified atom stereocenters. The highest BCUT2D eigenvalue weighted by atomic mass is 16.3. The average molecular weight is 673 g/mol. The number of para-hydroxylation sites is 1. The zero-order valence-electron chi connectivity index (χ0n) is 28.9. The zero-order valence-corrected chi connectivity index (χ0v) is 28.9. The summed E-state index contributed by atoms with van der Waals surface area (Å²) in [4.78, 5) is 0. The SMILES string of the molecule is c1cc(-c2cccc3ccccc23)cc(-c2c3ccccc3c(-c3cccc(-c4c5ccccc5cc5c4oc4ccccc45)c3)c3ccccc23)c1. The van der Waals surface area contributed by atoms with Gasteiger partial charge in [-0.2, -0.15) is 0 Å². The second-order valence-electron chi connectivity index (χ2n) is 14.0. The second kappa shape index (κ2) is 11.8. The van der Waals surface area contributed by atoms with Crippen molar-refractivity contribution in [2.24, 2.45) is 0 Å². The normalized spacial score (nSPS) is 11.8. The van der Waals surface area contributed by atoms with Crippen LogP contribution in [0, 0.1) is 0 Å². The average Bonchev–Trinajstić information content (AvgIpc) is 3.59. The number of hydrogen-bond donors (Lipinski definition) is 0. The van der Waals surface area contributed by atoms with Gasteiger partial charge in [-0.15, -0.1) is 0 Å². The summed E-state index contributed by atoms with van der Waals surface area (Å²) in [5.74, 6) is 0. The maximum Gasteiger partial charge on any atom is 0.143 e. The van der Waals surface area contributed by atoms with Gasteiger partial charge in [-0.1, -0.05) is 170 Å². The van der Waals surface area contributed by atoms with Crippen molar-refractivity contribution in [3.63, 3.8) is 0 Å². The fraction of sp³-hybridized carbons (Fsp3) is 0. The molecule has 1 aromatic heterocycles. The van der Waals surface area contributed by atoms with Gasteiger partial charge in [0.2, 0.25) is 0 Å². The summed E-state index contributed by atoms with van der Waals surface area (Å²) in [5.41, 5.74) is 11.5. The molecule has 246 valence electrons. The molecule has 0 saturated heterocycles. The summed E-state index contributed by atoms with van der Waals surface area (Å²) < 4.78 is 6.66. The summed E-state index contributed by atoms with van der Waals surface area (Å²) in [7, 11) is 0. The monoisotopic (exact) mass is 672 g/mol. The molecule has 0 amide bonds. The Morgan fingerprint density at radius 3 is 1.38 bits per heavy atom. The third-order valence-electron chi connectivity index (χ3n) is 11.0. The van der Waals surface area contributed by atoms with Crippen molar-refractivity contribution < 1.29 is 4.42 Å². The van der Waals surface area contributed by atoms with E-state index in [0.717, 1.165) is 33.1 Å². The van der Waals surface area contributed by atoms with Gasteiger partial charge >= 0.3 is 0 Å². The number of furan rings is 1. The van der Waals surface area contributed by atoms with Gasteiger partial charge in [0.1, 0.15) is 11.2 Å². The molecule has 11 rings (SSSR count). The first-order valence-electron chi connectivity index (χ1n) is 18.3. The van der Waals surface area contributed by atoms with Crippen LogP contribution in [0.1, 0.15) is 0 Å². The van der Waals surface area contributed by atoms with Gasteiger partial charge in [0.25, 0.3) is 0 Å². The van der Waals surface area contributed by atoms with E-state index in [1.54, 1.807) is 0 Å². The largest absolute Gasteiger partial charge is 0.455 e. The Bertz CT molecular complexity index is 3170. The van der Waals surface area contributed by atoms with Crippen molar-refractivity contribution in [1.82, 2.24) is 0 Å². The fourth-order valence-electron chi connectivity index (χ4n) is 8.71. The molecule has 0 aliphatic heterocycles. The molecule has 1 heteroatoms. The van der Waals surface area contributed by atoms with E-state index < -0.39 is 0 Å². The minimum absolute atomic E-state index is 0.910. The van der Waals surface area contributed by atoms with Crippen LogP contribution in [0.4, 0.5) is 0 Å². The smallest absolute Gasteiger partial charge is 0.143 e. The molecule has 11 aromatic rings. The molecule has 0 radical (unpaired) electrons. The lowest BCUT2D eigenvalue weighted by atomic mass is 9.84. The predicted molar refractivity (Wildman–Crippen MR) is 225 cm³/mol. The third kappa shape index (κ3) is 4.64. The van der Waals surface area contributed by atoms with Crippen LogP contribution >= 0.6 is 0 Å². The molecule has 10 aromatic carbocycles. The Labute approximate surface area is 307 Å². The first kappa shape index (κ1) is 29.7. The summed E-state index contributed by atoms with van der Waals surface area (Å²) in [5, 5.41) is 12.2. The molecule has 0 fully saturated rings. The van der Waals surface area contributed by atoms with Crippen LogP contribution in [-0.2, 0) is 0 Å². The first-order chi connectivity index (χ1) is 26.3. The van der Waals surface area contributed by atoms with Crippen molar-refractivity contribution in [2.45, 2.75) is 0 Å². The molecule has 1 nitrogen and oxygen atoms in total. The van der Waals surface area contributed by atoms with Gasteiger partial charge in [-0.3, -0.25) is 0 Å². The molecule has 0 bridgehead atoms. The van der Waals surface area contributed by atoms with Crippen LogP contribution in [0.25, 0.3) is 110 Å². The van der Waals surface area contributed by atoms with Crippen molar-refractivity contribution in [1.29, 1.82) is 0 Å². The minimum Gasteiger partial charge on any atom is -0.455 e. The number of rotatable bonds is 4. The number of benzene rings is 10. The Kier molecular flexibility index (Phi) is 6.62. The summed E-state index contributed by atoms with van der Waals surface area (Å²) in [6, 6.07) is 70.5. The maximum absolute atomic E-state index is 6.66. The van der Waals surface area contributed by atoms with Crippen molar-refractivity contribution >= 4 is 65.0 Å². The second-order valence-corrected chi connectivity index (χ2v) is 14.0. The molecule has 0 aliphatic carbocycles. The van der Waals surface area contributed by atoms with E-state index in [1.807, 2.05) is 6.07 Å². The quantitative estimate of drug-likeness (QED) is 0.170. The van der Waals surface area contributed by atoms with E-state index in [0.29, 0.717) is 0 Å². The molecular formula is C52H32O. The maximum atomic E-state index is 6.66. The van der Waals surface area contributed by atoms with Crippen molar-refractivity contribution in [3.8, 4) is 44.5 Å². The van der Waals surface area contributed by atoms with Crippen LogP contribution in [0.15, 0.2) is 199 Å². The van der Waals surface area contributed by atoms with Gasteiger partial charge in [0.05, 0.1) is 0 Å². The van der Waals surface area contributed by atoms with Crippen LogP contribution in [0.3, 0.4) is 0 Å². The Morgan fingerprint density at radius 2 is 0.717 bits per heavy atom. The van der Waals surface area contributed by atoms with E-state index in [2.05, 4.69) is 188 Å². The van der Waals surface area contributed by atoms with E-state index in [-0.39, 0.29) is 0 Å². The lowest BCUT2D eigenvalue weighted by Gasteiger charge is -2.19. The Balaban J connectivity index is 1.16. The van der Waals surface area contributed by atoms with Gasteiger partial charge in [0, 0.05) is 16.3 Å². The third-order valence-corrected chi connectivity index (χ3v) is 11.0. The van der Waals surface area contributed by atoms with Gasteiger partial charge in [0.15, 0.2) is 0 Å². The Morgan fingerprint density at radius 1 is 0.264 bits per heavy atom. The topological polar surface area (TPSA) is 13.1 Å². The van der Waals surface area contributed by atoms with Gasteiger partial charge in [-0.05, 0) is 106 Å². The molecule has 0 aliphatic rings. The summed E-state index contributed by atoms with van der Waals surface area (Å²) >= 11 is 0. The highest BCUT2D eigenvalue weighted by molar-refractivity contribution is 6.22. The molecule has 0 saturated carbocycles. The minimum atomic E-state index is 0.910. The lowest BCUT2D eigenvalue weighted by molar-refractivity contribution is 0.670. The van der Waals surface area contributed by atoms with Crippen molar-refractivity contribution in [2.75, 3.05) is 0 Å². The summed E-state index contributed by atoms with van der Waals surface area (Å²) in [6.07, 6.45) is 0. The van der Waals surface area contributed by atoms with Gasteiger partial charge in [-0.25, -0.2) is 0 Å². The molecule has 1 heterocycles. The lowest BCUT2D eigenvalue weighted by Crippen LogP contribution is -1.92. The molecule has 0 atom stereocenters. The van der Waals surface area contributed by atoms with E-state index in [9.17, 15) is 0 Å². The first-order valence-corrected chi connectivity index (χ1v) is 18.3. The van der Waals surface area contributed by atoms with E-state index in [1.165, 1.54) is 76.5 Å². The molecule has 0 spiro atoms. The summed E-state index contributed by atoms with van der Waals surface area (Å²) in [6.45, 7) is 0. The standard InChI is InChI=1S/C52H32O/c1-3-21-39-33(14-1)16-13-28-40(39)34-17-11-18-36(30-34)49-43-24-5-7-26-45(43)50(46-27-8-6-25-44(46)49)37-19-12-20-38(31-37)51-41-22-4-2-15-35(41)32-47-42-23-9-10-29-48(42)53-52(47)51/h1-32H. The van der Waals surface area contributed by atoms with Gasteiger partial charge < -0.3 is 4.42 Å². The van der Waals surface area contributed by atoms with Crippen LogP contribution in [-0.4, -0.2) is 0 Å². The molecule has 0 N–H and O–H groups in total. The highest BCUT2D eigenvalue weighted by Gasteiger charge is 2.20.